The highest BCUT2D eigenvalue weighted by molar-refractivity contribution is 8.02. The Balaban J connectivity index is 1.65. The van der Waals surface area contributed by atoms with E-state index in [1.165, 1.54) is 0 Å². The van der Waals surface area contributed by atoms with Gasteiger partial charge in [-0.15, -0.1) is 11.8 Å². The van der Waals surface area contributed by atoms with Crippen molar-refractivity contribution in [2.75, 3.05) is 18.5 Å². The first-order valence-electron chi connectivity index (χ1n) is 12.6. The molecule has 3 aliphatic heterocycles. The van der Waals surface area contributed by atoms with Gasteiger partial charge in [-0.05, 0) is 50.7 Å². The van der Waals surface area contributed by atoms with Gasteiger partial charge >= 0.3 is 0 Å². The molecule has 3 N–H and O–H groups in total. The van der Waals surface area contributed by atoms with Gasteiger partial charge in [0.1, 0.15) is 6.04 Å². The number of nitrogens with one attached hydrogen (secondary N) is 2. The molecule has 7 atom stereocenters. The van der Waals surface area contributed by atoms with Gasteiger partial charge in [0.2, 0.25) is 17.7 Å². The number of benzene rings is 1. The number of amides is 3. The Kier molecular flexibility index (Phi) is 7.57. The number of thioether (sulfide) groups is 1. The van der Waals surface area contributed by atoms with Crippen LogP contribution in [0.25, 0.3) is 0 Å². The number of hydrogen-bond acceptors (Lipinski definition) is 5. The van der Waals surface area contributed by atoms with Gasteiger partial charge in [-0.2, -0.15) is 0 Å². The van der Waals surface area contributed by atoms with E-state index in [0.717, 1.165) is 24.9 Å². The van der Waals surface area contributed by atoms with E-state index >= 15 is 0 Å². The van der Waals surface area contributed by atoms with Crippen LogP contribution in [0.2, 0.25) is 0 Å². The predicted octanol–water partition coefficient (Wildman–Crippen LogP) is 3.04. The number of hydrogen-bond donors (Lipinski definition) is 3. The predicted molar refractivity (Wildman–Crippen MR) is 134 cm³/mol. The minimum Gasteiger partial charge on any atom is -0.396 e. The molecule has 0 radical (unpaired) electrons. The Hall–Kier alpha value is -2.06. The van der Waals surface area contributed by atoms with Crippen LogP contribution in [0.3, 0.4) is 0 Å². The van der Waals surface area contributed by atoms with E-state index in [1.807, 2.05) is 37.3 Å². The molecule has 4 rings (SSSR count). The number of rotatable bonds is 10. The molecule has 1 aromatic carbocycles. The van der Waals surface area contributed by atoms with Crippen LogP contribution in [0.1, 0.15) is 52.9 Å². The first kappa shape index (κ1) is 25.0. The van der Waals surface area contributed by atoms with Crippen LogP contribution in [0.15, 0.2) is 30.3 Å². The molecule has 0 aromatic heterocycles. The van der Waals surface area contributed by atoms with Crippen molar-refractivity contribution in [3.63, 3.8) is 0 Å². The topological polar surface area (TPSA) is 98.7 Å². The minimum atomic E-state index is -0.602. The smallest absolute Gasteiger partial charge is 0.244 e. The zero-order valence-electron chi connectivity index (χ0n) is 20.3. The van der Waals surface area contributed by atoms with Crippen molar-refractivity contribution >= 4 is 35.2 Å². The molecular formula is C26H37N3O4S. The molecule has 3 fully saturated rings. The number of carbonyl (C=O) groups is 3. The van der Waals surface area contributed by atoms with E-state index in [1.54, 1.807) is 16.7 Å². The Morgan fingerprint density at radius 2 is 1.97 bits per heavy atom. The second-order valence-electron chi connectivity index (χ2n) is 10.1. The summed E-state index contributed by atoms with van der Waals surface area (Å²) in [6, 6.07) is 8.76. The SMILES string of the molecule is CCCC(C)NC(=O)C1N(CCCCO)C(=O)[C@@H]2[C@@H](C(=O)Nc3ccccc3)[C@H]3CC(C)C12S3. The van der Waals surface area contributed by atoms with Crippen molar-refractivity contribution in [3.05, 3.63) is 30.3 Å². The molecule has 1 aromatic rings. The van der Waals surface area contributed by atoms with Crippen LogP contribution in [0, 0.1) is 17.8 Å². The maximum atomic E-state index is 13.9. The third-order valence-corrected chi connectivity index (χ3v) is 9.83. The summed E-state index contributed by atoms with van der Waals surface area (Å²) in [7, 11) is 0. The minimum absolute atomic E-state index is 0.0237. The highest BCUT2D eigenvalue weighted by atomic mass is 32.2. The van der Waals surface area contributed by atoms with Crippen molar-refractivity contribution in [2.45, 2.75) is 75.0 Å². The van der Waals surface area contributed by atoms with Gasteiger partial charge in [0.05, 0.1) is 16.6 Å². The second kappa shape index (κ2) is 10.3. The molecule has 1 spiro atoms. The summed E-state index contributed by atoms with van der Waals surface area (Å²) in [4.78, 5) is 42.8. The monoisotopic (exact) mass is 487 g/mol. The highest BCUT2D eigenvalue weighted by Gasteiger charge is 2.75. The van der Waals surface area contributed by atoms with E-state index in [9.17, 15) is 19.5 Å². The number of para-hydroxylation sites is 1. The standard InChI is InChI=1S/C26H37N3O4S/c1-4-10-17(3)27-24(32)22-26-16(2)15-19(34-26)20(23(31)28-18-11-6-5-7-12-18)21(26)25(33)29(22)13-8-9-14-30/h5-7,11-12,16-17,19-22,30H,4,8-10,13-15H2,1-3H3,(H,27,32)(H,28,31)/t16?,17?,19-,20+,21+,22?,26?/m1/s1. The number of fused-ring (bicyclic) bond motifs is 1. The van der Waals surface area contributed by atoms with E-state index in [-0.39, 0.29) is 41.5 Å². The number of anilines is 1. The average Bonchev–Trinajstić information content (AvgIpc) is 3.38. The molecule has 7 nitrogen and oxygen atoms in total. The molecule has 4 unspecified atom stereocenters. The average molecular weight is 488 g/mol. The van der Waals surface area contributed by atoms with Crippen molar-refractivity contribution in [1.82, 2.24) is 10.2 Å². The Bertz CT molecular complexity index is 913. The zero-order valence-corrected chi connectivity index (χ0v) is 21.1. The second-order valence-corrected chi connectivity index (χ2v) is 11.6. The van der Waals surface area contributed by atoms with Crippen molar-refractivity contribution in [2.24, 2.45) is 17.8 Å². The van der Waals surface area contributed by atoms with Crippen molar-refractivity contribution < 1.29 is 19.5 Å². The number of nitrogens with zero attached hydrogens (tertiary/aromatic N) is 1. The Labute approximate surface area is 206 Å². The van der Waals surface area contributed by atoms with Crippen LogP contribution >= 0.6 is 11.8 Å². The number of aliphatic hydroxyl groups is 1. The lowest BCUT2D eigenvalue weighted by Gasteiger charge is -2.39. The maximum Gasteiger partial charge on any atom is 0.244 e. The molecular weight excluding hydrogens is 450 g/mol. The summed E-state index contributed by atoms with van der Waals surface area (Å²) in [5.41, 5.74) is 0.718. The van der Waals surface area contributed by atoms with Crippen molar-refractivity contribution in [1.29, 1.82) is 0 Å². The summed E-state index contributed by atoms with van der Waals surface area (Å²) < 4.78 is -0.602. The molecule has 3 amide bonds. The first-order chi connectivity index (χ1) is 16.3. The summed E-state index contributed by atoms with van der Waals surface area (Å²) >= 11 is 1.69. The molecule has 3 heterocycles. The molecule has 186 valence electrons. The normalized spacial score (nSPS) is 32.5. The lowest BCUT2D eigenvalue weighted by Crippen LogP contribution is -2.57. The van der Waals surface area contributed by atoms with Gasteiger partial charge in [0.15, 0.2) is 0 Å². The Morgan fingerprint density at radius 3 is 2.65 bits per heavy atom. The van der Waals surface area contributed by atoms with Crippen molar-refractivity contribution in [3.8, 4) is 0 Å². The molecule has 3 saturated heterocycles. The third-order valence-electron chi connectivity index (χ3n) is 7.76. The number of aliphatic hydroxyl groups excluding tert-OH is 1. The van der Waals surface area contributed by atoms with Crippen LogP contribution in [0.5, 0.6) is 0 Å². The lowest BCUT2D eigenvalue weighted by molar-refractivity contribution is -0.139. The fourth-order valence-corrected chi connectivity index (χ4v) is 8.75. The molecule has 8 heteroatoms. The fourth-order valence-electron chi connectivity index (χ4n) is 6.33. The quantitative estimate of drug-likeness (QED) is 0.441. The molecule has 3 aliphatic rings. The van der Waals surface area contributed by atoms with E-state index in [2.05, 4.69) is 24.5 Å². The molecule has 0 saturated carbocycles. The number of likely N-dealkylation sites (tertiary alicyclic amines) is 1. The van der Waals surface area contributed by atoms with Gasteiger partial charge < -0.3 is 20.6 Å². The first-order valence-corrected chi connectivity index (χ1v) is 13.5. The largest absolute Gasteiger partial charge is 0.396 e. The number of unbranched alkanes of at least 4 members (excludes halogenated alkanes) is 1. The van der Waals surface area contributed by atoms with E-state index in [0.29, 0.717) is 19.4 Å². The van der Waals surface area contributed by atoms with Crippen LogP contribution < -0.4 is 10.6 Å². The molecule has 0 aliphatic carbocycles. The third kappa shape index (κ3) is 4.24. The summed E-state index contributed by atoms with van der Waals surface area (Å²) in [6.45, 7) is 6.69. The molecule has 34 heavy (non-hydrogen) atoms. The highest BCUT2D eigenvalue weighted by Crippen LogP contribution is 2.68. The zero-order chi connectivity index (χ0) is 24.5. The maximum absolute atomic E-state index is 13.9. The fraction of sp³-hybridized carbons (Fsp3) is 0.654. The van der Waals surface area contributed by atoms with Gasteiger partial charge in [-0.25, -0.2) is 0 Å². The van der Waals surface area contributed by atoms with Gasteiger partial charge in [0, 0.05) is 30.1 Å². The summed E-state index contributed by atoms with van der Waals surface area (Å²) in [6.07, 6.45) is 3.86. The summed E-state index contributed by atoms with van der Waals surface area (Å²) in [5.74, 6) is -1.15. The van der Waals surface area contributed by atoms with Gasteiger partial charge in [-0.1, -0.05) is 38.5 Å². The van der Waals surface area contributed by atoms with Crippen LogP contribution in [-0.4, -0.2) is 63.0 Å². The van der Waals surface area contributed by atoms with Gasteiger partial charge in [0.25, 0.3) is 0 Å². The van der Waals surface area contributed by atoms with Gasteiger partial charge in [-0.3, -0.25) is 14.4 Å². The van der Waals surface area contributed by atoms with E-state index < -0.39 is 22.6 Å². The lowest BCUT2D eigenvalue weighted by atomic mass is 9.65. The summed E-state index contributed by atoms with van der Waals surface area (Å²) in [5, 5.41) is 15.5. The molecule has 2 bridgehead atoms. The number of carbonyl (C=O) groups excluding carboxylic acids is 3. The van der Waals surface area contributed by atoms with Crippen LogP contribution in [-0.2, 0) is 14.4 Å². The Morgan fingerprint density at radius 1 is 1.24 bits per heavy atom. The van der Waals surface area contributed by atoms with E-state index in [4.69, 9.17) is 0 Å². The van der Waals surface area contributed by atoms with Crippen LogP contribution in [0.4, 0.5) is 5.69 Å².